The number of rotatable bonds is 9. The van der Waals surface area contributed by atoms with Gasteiger partial charge in [-0.15, -0.1) is 11.3 Å². The van der Waals surface area contributed by atoms with Crippen molar-refractivity contribution in [1.82, 2.24) is 15.6 Å². The zero-order valence-corrected chi connectivity index (χ0v) is 24.5. The first-order valence-corrected chi connectivity index (χ1v) is 15.3. The van der Waals surface area contributed by atoms with Crippen molar-refractivity contribution >= 4 is 37.6 Å². The molecule has 0 aliphatic rings. The second kappa shape index (κ2) is 11.8. The van der Waals surface area contributed by atoms with Gasteiger partial charge in [-0.3, -0.25) is 4.79 Å². The third kappa shape index (κ3) is 9.17. The number of amides is 2. The summed E-state index contributed by atoms with van der Waals surface area (Å²) in [6.45, 7) is 18.7. The predicted molar refractivity (Wildman–Crippen MR) is 137 cm³/mol. The van der Waals surface area contributed by atoms with Crippen molar-refractivity contribution < 1.29 is 33.4 Å². The summed E-state index contributed by atoms with van der Waals surface area (Å²) in [5.41, 5.74) is -0.687. The van der Waals surface area contributed by atoms with Gasteiger partial charge in [0.15, 0.2) is 14.0 Å². The summed E-state index contributed by atoms with van der Waals surface area (Å²) in [6, 6.07) is -2.03. The molecule has 4 atom stereocenters. The Hall–Kier alpha value is -2.02. The number of nitrogens with one attached hydrogen (secondary N) is 2. The van der Waals surface area contributed by atoms with E-state index >= 15 is 0 Å². The normalized spacial score (nSPS) is 16.0. The predicted octanol–water partition coefficient (Wildman–Crippen LogP) is 3.77. The van der Waals surface area contributed by atoms with E-state index in [4.69, 9.17) is 9.16 Å². The molecule has 3 N–H and O–H groups in total. The van der Waals surface area contributed by atoms with Crippen molar-refractivity contribution in [3.8, 4) is 0 Å². The molecule has 10 nitrogen and oxygen atoms in total. The summed E-state index contributed by atoms with van der Waals surface area (Å²) < 4.78 is 16.4. The Morgan fingerprint density at radius 2 is 1.66 bits per heavy atom. The second-order valence-corrected chi connectivity index (χ2v) is 16.6. The summed E-state index contributed by atoms with van der Waals surface area (Å²) >= 11 is 1.10. The van der Waals surface area contributed by atoms with Crippen molar-refractivity contribution in [2.75, 3.05) is 7.11 Å². The largest absolute Gasteiger partial charge is 0.464 e. The zero-order valence-electron chi connectivity index (χ0n) is 22.6. The second-order valence-electron chi connectivity index (χ2n) is 11.0. The number of esters is 1. The van der Waals surface area contributed by atoms with Crippen LogP contribution in [0.1, 0.15) is 76.9 Å². The highest BCUT2D eigenvalue weighted by Crippen LogP contribution is 2.37. The molecule has 12 heteroatoms. The molecule has 1 rings (SSSR count). The van der Waals surface area contributed by atoms with Crippen molar-refractivity contribution in [1.29, 1.82) is 0 Å². The van der Waals surface area contributed by atoms with E-state index in [2.05, 4.69) is 54.2 Å². The van der Waals surface area contributed by atoms with Crippen LogP contribution in [0.15, 0.2) is 5.38 Å². The highest BCUT2D eigenvalue weighted by Gasteiger charge is 2.42. The molecule has 2 amide bonds. The summed E-state index contributed by atoms with van der Waals surface area (Å²) in [7, 11) is -1.05. The molecule has 1 heterocycles. The first kappa shape index (κ1) is 31.0. The molecular weight excluding hydrogens is 490 g/mol. The lowest BCUT2D eigenvalue weighted by atomic mass is 10.1. The fourth-order valence-electron chi connectivity index (χ4n) is 2.80. The quantitative estimate of drug-likeness (QED) is 0.324. The molecule has 0 radical (unpaired) electrons. The van der Waals surface area contributed by atoms with Crippen LogP contribution in [0.4, 0.5) is 4.79 Å². The van der Waals surface area contributed by atoms with Gasteiger partial charge in [0, 0.05) is 5.38 Å². The molecule has 0 fully saturated rings. The maximum absolute atomic E-state index is 13.4. The van der Waals surface area contributed by atoms with Crippen LogP contribution >= 0.6 is 11.3 Å². The Kier molecular flexibility index (Phi) is 10.5. The number of carbonyl (C=O) groups is 3. The van der Waals surface area contributed by atoms with Gasteiger partial charge >= 0.3 is 12.1 Å². The number of aliphatic hydroxyl groups excluding tert-OH is 1. The molecule has 0 spiro atoms. The molecule has 0 saturated heterocycles. The molecule has 1 aromatic heterocycles. The number of hydrogen-bond donors (Lipinski definition) is 3. The Labute approximate surface area is 213 Å². The Balaban J connectivity index is 3.23. The van der Waals surface area contributed by atoms with E-state index in [1.165, 1.54) is 19.4 Å². The molecule has 200 valence electrons. The van der Waals surface area contributed by atoms with Crippen molar-refractivity contribution in [3.05, 3.63) is 16.1 Å². The van der Waals surface area contributed by atoms with Crippen LogP contribution in [0.3, 0.4) is 0 Å². The molecular formula is C23H41N3O7SSi. The van der Waals surface area contributed by atoms with E-state index < -0.39 is 56.2 Å². The van der Waals surface area contributed by atoms with E-state index in [1.807, 2.05) is 0 Å². The van der Waals surface area contributed by atoms with E-state index in [1.54, 1.807) is 27.7 Å². The summed E-state index contributed by atoms with van der Waals surface area (Å²) in [4.78, 5) is 42.0. The van der Waals surface area contributed by atoms with Crippen LogP contribution in [0.2, 0.25) is 18.1 Å². The third-order valence-corrected chi connectivity index (χ3v) is 11.2. The van der Waals surface area contributed by atoms with E-state index in [9.17, 15) is 19.5 Å². The van der Waals surface area contributed by atoms with E-state index in [0.717, 1.165) is 11.3 Å². The molecule has 0 aliphatic carbocycles. The molecule has 0 bridgehead atoms. The topological polar surface area (TPSA) is 136 Å². The van der Waals surface area contributed by atoms with Gasteiger partial charge in [-0.2, -0.15) is 0 Å². The number of alkyl carbamates (subject to hydrolysis) is 1. The number of nitrogens with zero attached hydrogens (tertiary/aromatic N) is 1. The molecule has 35 heavy (non-hydrogen) atoms. The summed E-state index contributed by atoms with van der Waals surface area (Å²) in [5.74, 6) is -1.20. The lowest BCUT2D eigenvalue weighted by molar-refractivity contribution is -0.127. The molecule has 0 unspecified atom stereocenters. The average molecular weight is 532 g/mol. The number of thiazole rings is 1. The minimum absolute atomic E-state index is 0.0745. The number of aromatic nitrogens is 1. The van der Waals surface area contributed by atoms with Gasteiger partial charge in [-0.25, -0.2) is 14.6 Å². The van der Waals surface area contributed by atoms with Gasteiger partial charge in [0.1, 0.15) is 22.7 Å². The molecule has 0 aromatic carbocycles. The van der Waals surface area contributed by atoms with Crippen molar-refractivity contribution in [3.63, 3.8) is 0 Å². The van der Waals surface area contributed by atoms with Crippen LogP contribution in [-0.2, 0) is 18.7 Å². The Bertz CT molecular complexity index is 890. The number of methoxy groups -OCH3 is 1. The monoisotopic (exact) mass is 531 g/mol. The number of hydrogen-bond acceptors (Lipinski definition) is 9. The lowest BCUT2D eigenvalue weighted by Gasteiger charge is -2.40. The minimum atomic E-state index is -2.30. The van der Waals surface area contributed by atoms with Crippen molar-refractivity contribution in [2.45, 2.75) is 103 Å². The maximum atomic E-state index is 13.4. The molecule has 0 saturated carbocycles. The van der Waals surface area contributed by atoms with Gasteiger partial charge < -0.3 is 29.6 Å². The highest BCUT2D eigenvalue weighted by molar-refractivity contribution is 7.09. The molecule has 1 aromatic rings. The minimum Gasteiger partial charge on any atom is -0.464 e. The maximum Gasteiger partial charge on any atom is 0.408 e. The fourth-order valence-corrected chi connectivity index (χ4v) is 5.15. The first-order chi connectivity index (χ1) is 15.8. The van der Waals surface area contributed by atoms with Crippen LogP contribution in [0, 0.1) is 0 Å². The number of carbonyl (C=O) groups excluding carboxylic acids is 3. The van der Waals surface area contributed by atoms with Gasteiger partial charge in [0.2, 0.25) is 5.91 Å². The smallest absolute Gasteiger partial charge is 0.408 e. The van der Waals surface area contributed by atoms with Crippen LogP contribution in [-0.4, -0.2) is 67.3 Å². The standard InChI is InChI=1S/C23H41N3O7SSi/c1-13(27)16(19-24-15(12-34-19)20(29)31-9)25-18(28)17(26-21(30)32-22(3,4)5)14(2)33-35(10,11)23(6,7)8/h12-14,16-17,27H,1-11H3,(H,25,28)(H,26,30)/t13-,14-,16+,17+/m1/s1. The first-order valence-electron chi connectivity index (χ1n) is 11.5. The van der Waals surface area contributed by atoms with E-state index in [0.29, 0.717) is 5.01 Å². The average Bonchev–Trinajstić information content (AvgIpc) is 3.16. The third-order valence-electron chi connectivity index (χ3n) is 5.67. The van der Waals surface area contributed by atoms with Gasteiger partial charge in [-0.05, 0) is 52.8 Å². The summed E-state index contributed by atoms with van der Waals surface area (Å²) in [6.07, 6.45) is -2.49. The van der Waals surface area contributed by atoms with Crippen LogP contribution in [0.25, 0.3) is 0 Å². The van der Waals surface area contributed by atoms with Crippen LogP contribution < -0.4 is 10.6 Å². The van der Waals surface area contributed by atoms with Gasteiger partial charge in [-0.1, -0.05) is 20.8 Å². The summed E-state index contributed by atoms with van der Waals surface area (Å²) in [5, 5.41) is 17.4. The molecule has 0 aliphatic heterocycles. The Morgan fingerprint density at radius 1 is 1.09 bits per heavy atom. The number of aliphatic hydroxyl groups is 1. The van der Waals surface area contributed by atoms with E-state index in [-0.39, 0.29) is 10.7 Å². The fraction of sp³-hybridized carbons (Fsp3) is 0.739. The van der Waals surface area contributed by atoms with Gasteiger partial charge in [0.25, 0.3) is 0 Å². The zero-order chi connectivity index (χ0) is 27.4. The highest BCUT2D eigenvalue weighted by atomic mass is 32.1. The van der Waals surface area contributed by atoms with Crippen molar-refractivity contribution in [2.24, 2.45) is 0 Å². The van der Waals surface area contributed by atoms with Gasteiger partial charge in [0.05, 0.1) is 19.3 Å². The Morgan fingerprint density at radius 3 is 2.11 bits per heavy atom. The SMILES string of the molecule is COC(=O)c1csc([C@@H](NC(=O)[C@@H](NC(=O)OC(C)(C)C)[C@@H](C)O[Si](C)(C)C(C)(C)C)[C@@H](C)O)n1. The number of ether oxygens (including phenoxy) is 2. The van der Waals surface area contributed by atoms with Crippen LogP contribution in [0.5, 0.6) is 0 Å². The lowest BCUT2D eigenvalue weighted by Crippen LogP contribution is -2.58.